The lowest BCUT2D eigenvalue weighted by Crippen LogP contribution is -2.19. The van der Waals surface area contributed by atoms with Gasteiger partial charge in [-0.1, -0.05) is 50.7 Å². The van der Waals surface area contributed by atoms with Crippen molar-refractivity contribution in [2.75, 3.05) is 5.73 Å². The lowest BCUT2D eigenvalue weighted by molar-refractivity contribution is 0.442. The minimum Gasteiger partial charge on any atom is -0.507 e. The Kier molecular flexibility index (Phi) is 7.04. The van der Waals surface area contributed by atoms with Crippen molar-refractivity contribution in [2.24, 2.45) is 5.73 Å². The Hall–Kier alpha value is -2.14. The first-order valence-corrected chi connectivity index (χ1v) is 10.3. The van der Waals surface area contributed by atoms with Gasteiger partial charge in [0.1, 0.15) is 11.6 Å². The standard InChI is InChI=1S/C22H32N4O/c23-17-11-4-2-1-3-9-16(10-5-6-12-17)19-15-20(25-26-22(19)24)18-13-7-8-14-21(18)27/h7-8,13-17,27H,1-6,9-12,23H2,(H2,24,26). The van der Waals surface area contributed by atoms with Crippen LogP contribution in [0.4, 0.5) is 5.82 Å². The molecule has 0 bridgehead atoms. The summed E-state index contributed by atoms with van der Waals surface area (Å²) in [5, 5.41) is 18.6. The molecule has 5 heteroatoms. The van der Waals surface area contributed by atoms with Crippen molar-refractivity contribution in [3.05, 3.63) is 35.9 Å². The Bertz CT molecular complexity index is 734. The molecule has 2 unspecified atom stereocenters. The van der Waals surface area contributed by atoms with E-state index < -0.39 is 0 Å². The maximum Gasteiger partial charge on any atom is 0.149 e. The minimum atomic E-state index is 0.218. The highest BCUT2D eigenvalue weighted by Gasteiger charge is 2.18. The van der Waals surface area contributed by atoms with E-state index in [-0.39, 0.29) is 5.75 Å². The van der Waals surface area contributed by atoms with Crippen LogP contribution in [0.25, 0.3) is 11.3 Å². The predicted molar refractivity (Wildman–Crippen MR) is 110 cm³/mol. The molecule has 1 aliphatic carbocycles. The molecule has 0 saturated heterocycles. The number of aromatic nitrogens is 2. The largest absolute Gasteiger partial charge is 0.507 e. The summed E-state index contributed by atoms with van der Waals surface area (Å²) in [7, 11) is 0. The fourth-order valence-corrected chi connectivity index (χ4v) is 4.11. The zero-order valence-electron chi connectivity index (χ0n) is 16.1. The Balaban J connectivity index is 1.81. The van der Waals surface area contributed by atoms with Crippen LogP contribution in [0.2, 0.25) is 0 Å². The van der Waals surface area contributed by atoms with Crippen LogP contribution in [0, 0.1) is 0 Å². The second-order valence-corrected chi connectivity index (χ2v) is 7.82. The number of benzene rings is 1. The lowest BCUT2D eigenvalue weighted by Gasteiger charge is -2.21. The number of hydrogen-bond donors (Lipinski definition) is 3. The molecule has 2 atom stereocenters. The van der Waals surface area contributed by atoms with Crippen molar-refractivity contribution >= 4 is 5.82 Å². The van der Waals surface area contributed by atoms with Gasteiger partial charge in [-0.3, -0.25) is 0 Å². The quantitative estimate of drug-likeness (QED) is 0.710. The number of hydrogen-bond acceptors (Lipinski definition) is 5. The SMILES string of the molecule is Nc1nnc(-c2ccccc2O)cc1C1CCCCCCC(N)CCCC1. The van der Waals surface area contributed by atoms with Crippen LogP contribution in [0.1, 0.15) is 75.7 Å². The van der Waals surface area contributed by atoms with Gasteiger partial charge >= 0.3 is 0 Å². The predicted octanol–water partition coefficient (Wildman–Crippen LogP) is 4.76. The third kappa shape index (κ3) is 5.42. The monoisotopic (exact) mass is 368 g/mol. The van der Waals surface area contributed by atoms with E-state index in [0.29, 0.717) is 29.0 Å². The maximum atomic E-state index is 10.2. The average Bonchev–Trinajstić information content (AvgIpc) is 2.66. The number of phenols is 1. The van der Waals surface area contributed by atoms with Crippen LogP contribution >= 0.6 is 0 Å². The summed E-state index contributed by atoms with van der Waals surface area (Å²) in [6, 6.07) is 9.62. The fourth-order valence-electron chi connectivity index (χ4n) is 4.11. The van der Waals surface area contributed by atoms with Crippen molar-refractivity contribution in [3.63, 3.8) is 0 Å². The first-order chi connectivity index (χ1) is 13.1. The van der Waals surface area contributed by atoms with Gasteiger partial charge in [0.25, 0.3) is 0 Å². The second-order valence-electron chi connectivity index (χ2n) is 7.82. The van der Waals surface area contributed by atoms with Gasteiger partial charge in [0.15, 0.2) is 0 Å². The smallest absolute Gasteiger partial charge is 0.149 e. The van der Waals surface area contributed by atoms with E-state index in [9.17, 15) is 5.11 Å². The minimum absolute atomic E-state index is 0.218. The Morgan fingerprint density at radius 1 is 0.852 bits per heavy atom. The summed E-state index contributed by atoms with van der Waals surface area (Å²) < 4.78 is 0. The summed E-state index contributed by atoms with van der Waals surface area (Å²) >= 11 is 0. The van der Waals surface area contributed by atoms with Gasteiger partial charge in [-0.15, -0.1) is 10.2 Å². The molecule has 5 nitrogen and oxygen atoms in total. The van der Waals surface area contributed by atoms with Crippen molar-refractivity contribution in [1.29, 1.82) is 0 Å². The highest BCUT2D eigenvalue weighted by atomic mass is 16.3. The maximum absolute atomic E-state index is 10.2. The molecule has 0 aliphatic heterocycles. The van der Waals surface area contributed by atoms with Crippen molar-refractivity contribution in [2.45, 2.75) is 76.2 Å². The molecule has 27 heavy (non-hydrogen) atoms. The molecule has 0 amide bonds. The molecule has 1 aromatic heterocycles. The summed E-state index contributed by atoms with van der Waals surface area (Å²) in [4.78, 5) is 0. The summed E-state index contributed by atoms with van der Waals surface area (Å²) in [5.74, 6) is 1.12. The van der Waals surface area contributed by atoms with E-state index in [1.165, 1.54) is 32.1 Å². The fraction of sp³-hybridized carbons (Fsp3) is 0.545. The number of nitrogens with two attached hydrogens (primary N) is 2. The van der Waals surface area contributed by atoms with Gasteiger partial charge in [-0.05, 0) is 49.8 Å². The van der Waals surface area contributed by atoms with Crippen molar-refractivity contribution in [1.82, 2.24) is 10.2 Å². The van der Waals surface area contributed by atoms with E-state index in [4.69, 9.17) is 11.5 Å². The van der Waals surface area contributed by atoms with Gasteiger partial charge < -0.3 is 16.6 Å². The molecule has 1 fully saturated rings. The van der Waals surface area contributed by atoms with E-state index in [1.54, 1.807) is 6.07 Å². The first kappa shape index (κ1) is 19.6. The summed E-state index contributed by atoms with van der Waals surface area (Å²) in [6.07, 6.45) is 11.8. The van der Waals surface area contributed by atoms with Crippen LogP contribution in [0.3, 0.4) is 0 Å². The third-order valence-electron chi connectivity index (χ3n) is 5.73. The van der Waals surface area contributed by atoms with Crippen LogP contribution < -0.4 is 11.5 Å². The molecule has 0 radical (unpaired) electrons. The Morgan fingerprint density at radius 3 is 2.22 bits per heavy atom. The van der Waals surface area contributed by atoms with Crippen LogP contribution in [-0.4, -0.2) is 21.3 Å². The first-order valence-electron chi connectivity index (χ1n) is 10.3. The zero-order valence-corrected chi connectivity index (χ0v) is 16.1. The molecular formula is C22H32N4O. The molecule has 0 spiro atoms. The number of anilines is 1. The number of phenolic OH excluding ortho intramolecular Hbond substituents is 1. The lowest BCUT2D eigenvalue weighted by atomic mass is 9.87. The van der Waals surface area contributed by atoms with E-state index >= 15 is 0 Å². The van der Waals surface area contributed by atoms with E-state index in [0.717, 1.165) is 37.7 Å². The van der Waals surface area contributed by atoms with Gasteiger partial charge in [0.2, 0.25) is 0 Å². The third-order valence-corrected chi connectivity index (χ3v) is 5.73. The van der Waals surface area contributed by atoms with Crippen molar-refractivity contribution < 1.29 is 5.11 Å². The molecule has 1 aromatic carbocycles. The number of nitrogens with zero attached hydrogens (tertiary/aromatic N) is 2. The van der Waals surface area contributed by atoms with Gasteiger partial charge in [0.05, 0.1) is 5.69 Å². The molecule has 1 heterocycles. The van der Waals surface area contributed by atoms with E-state index in [1.807, 2.05) is 24.3 Å². The molecule has 1 aliphatic rings. The summed E-state index contributed by atoms with van der Waals surface area (Å²) in [6.45, 7) is 0. The van der Waals surface area contributed by atoms with E-state index in [2.05, 4.69) is 10.2 Å². The number of aromatic hydroxyl groups is 1. The molecule has 146 valence electrons. The molecule has 2 aromatic rings. The molecule has 1 saturated carbocycles. The molecule has 3 rings (SSSR count). The summed E-state index contributed by atoms with van der Waals surface area (Å²) in [5.41, 5.74) is 14.9. The Labute approximate surface area is 162 Å². The van der Waals surface area contributed by atoms with Crippen LogP contribution in [0.5, 0.6) is 5.75 Å². The van der Waals surface area contributed by atoms with Gasteiger partial charge in [-0.25, -0.2) is 0 Å². The zero-order chi connectivity index (χ0) is 19.1. The molecular weight excluding hydrogens is 336 g/mol. The highest BCUT2D eigenvalue weighted by Crippen LogP contribution is 2.35. The highest BCUT2D eigenvalue weighted by molar-refractivity contribution is 5.67. The number of rotatable bonds is 2. The van der Waals surface area contributed by atoms with Crippen LogP contribution in [0.15, 0.2) is 30.3 Å². The number of nitrogen functional groups attached to an aromatic ring is 1. The topological polar surface area (TPSA) is 98.0 Å². The van der Waals surface area contributed by atoms with Crippen molar-refractivity contribution in [3.8, 4) is 17.0 Å². The average molecular weight is 369 g/mol. The normalized spacial score (nSPS) is 22.6. The van der Waals surface area contributed by atoms with Gasteiger partial charge in [-0.2, -0.15) is 0 Å². The Morgan fingerprint density at radius 2 is 1.48 bits per heavy atom. The van der Waals surface area contributed by atoms with Crippen LogP contribution in [-0.2, 0) is 0 Å². The second kappa shape index (κ2) is 9.70. The van der Waals surface area contributed by atoms with Gasteiger partial charge in [0, 0.05) is 17.2 Å². The number of para-hydroxylation sites is 1. The molecule has 5 N–H and O–H groups in total.